The topological polar surface area (TPSA) is 50.4 Å². The normalized spacial score (nSPS) is 10.0. The van der Waals surface area contributed by atoms with E-state index in [1.165, 1.54) is 25.3 Å². The number of benzene rings is 2. The molecular weight excluding hydrogens is 271 g/mol. The number of halogens is 1. The number of nitrogens with one attached hydrogen (secondary N) is 2. The van der Waals surface area contributed by atoms with Crippen molar-refractivity contribution in [1.82, 2.24) is 0 Å². The second kappa shape index (κ2) is 6.74. The summed E-state index contributed by atoms with van der Waals surface area (Å²) in [4.78, 5) is 12.4. The van der Waals surface area contributed by atoms with E-state index in [4.69, 9.17) is 4.74 Å². The van der Waals surface area contributed by atoms with Gasteiger partial charge in [0.2, 0.25) is 0 Å². The summed E-state index contributed by atoms with van der Waals surface area (Å²) in [6.07, 6.45) is 0. The Kier molecular flexibility index (Phi) is 4.77. The van der Waals surface area contributed by atoms with Crippen LogP contribution in [0.2, 0.25) is 0 Å². The van der Waals surface area contributed by atoms with Crippen LogP contribution in [-0.2, 0) is 0 Å². The van der Waals surface area contributed by atoms with E-state index in [1.54, 1.807) is 12.1 Å². The molecule has 110 valence electrons. The van der Waals surface area contributed by atoms with Crippen LogP contribution in [0.1, 0.15) is 17.3 Å². The first-order chi connectivity index (χ1) is 10.2. The highest BCUT2D eigenvalue weighted by Gasteiger charge is 2.13. The molecule has 2 N–H and O–H groups in total. The van der Waals surface area contributed by atoms with Gasteiger partial charge in [-0.1, -0.05) is 12.1 Å². The van der Waals surface area contributed by atoms with Crippen molar-refractivity contribution < 1.29 is 13.9 Å². The maximum absolute atomic E-state index is 13.2. The van der Waals surface area contributed by atoms with Crippen LogP contribution in [0, 0.1) is 5.82 Å². The zero-order valence-corrected chi connectivity index (χ0v) is 11.9. The van der Waals surface area contributed by atoms with Crippen molar-refractivity contribution in [2.75, 3.05) is 24.3 Å². The minimum atomic E-state index is -0.419. The average molecular weight is 288 g/mol. The fourth-order valence-corrected chi connectivity index (χ4v) is 1.98. The lowest BCUT2D eigenvalue weighted by molar-refractivity contribution is 0.102. The van der Waals surface area contributed by atoms with Crippen molar-refractivity contribution >= 4 is 17.3 Å². The molecule has 0 atom stereocenters. The van der Waals surface area contributed by atoms with Gasteiger partial charge in [0.05, 0.1) is 18.4 Å². The summed E-state index contributed by atoms with van der Waals surface area (Å²) in [7, 11) is 1.43. The zero-order valence-electron chi connectivity index (χ0n) is 11.9. The van der Waals surface area contributed by atoms with Gasteiger partial charge in [-0.2, -0.15) is 0 Å². The minimum absolute atomic E-state index is 0.281. The average Bonchev–Trinajstić information content (AvgIpc) is 2.49. The van der Waals surface area contributed by atoms with Crippen molar-refractivity contribution in [2.24, 2.45) is 0 Å². The first-order valence-corrected chi connectivity index (χ1v) is 6.63. The summed E-state index contributed by atoms with van der Waals surface area (Å²) in [6.45, 7) is 2.67. The molecule has 5 heteroatoms. The second-order valence-corrected chi connectivity index (χ2v) is 4.37. The fourth-order valence-electron chi connectivity index (χ4n) is 1.98. The molecule has 0 bridgehead atoms. The van der Waals surface area contributed by atoms with Gasteiger partial charge in [0, 0.05) is 18.3 Å². The third kappa shape index (κ3) is 3.51. The molecular formula is C16H17FN2O2. The molecule has 2 aromatic rings. The Morgan fingerprint density at radius 1 is 1.19 bits per heavy atom. The van der Waals surface area contributed by atoms with Gasteiger partial charge in [-0.15, -0.1) is 0 Å². The molecule has 0 aliphatic heterocycles. The van der Waals surface area contributed by atoms with E-state index in [0.717, 1.165) is 5.69 Å². The first-order valence-electron chi connectivity index (χ1n) is 6.63. The van der Waals surface area contributed by atoms with Crippen LogP contribution in [0.3, 0.4) is 0 Å². The van der Waals surface area contributed by atoms with E-state index >= 15 is 0 Å². The Bertz CT molecular complexity index is 644. The number of methoxy groups -OCH3 is 1. The highest BCUT2D eigenvalue weighted by atomic mass is 19.1. The highest BCUT2D eigenvalue weighted by Crippen LogP contribution is 2.26. The SMILES string of the molecule is CCNc1ccccc1C(=O)Nc1ccc(F)cc1OC. The van der Waals surface area contributed by atoms with E-state index in [9.17, 15) is 9.18 Å². The van der Waals surface area contributed by atoms with Gasteiger partial charge in [0.15, 0.2) is 0 Å². The molecule has 21 heavy (non-hydrogen) atoms. The predicted molar refractivity (Wildman–Crippen MR) is 81.5 cm³/mol. The molecule has 0 radical (unpaired) electrons. The van der Waals surface area contributed by atoms with Crippen molar-refractivity contribution in [3.05, 3.63) is 53.8 Å². The van der Waals surface area contributed by atoms with Gasteiger partial charge < -0.3 is 15.4 Å². The Balaban J connectivity index is 2.26. The molecule has 2 rings (SSSR count). The Hall–Kier alpha value is -2.56. The van der Waals surface area contributed by atoms with E-state index < -0.39 is 5.82 Å². The molecule has 0 unspecified atom stereocenters. The van der Waals surface area contributed by atoms with Crippen molar-refractivity contribution in [2.45, 2.75) is 6.92 Å². The van der Waals surface area contributed by atoms with Crippen LogP contribution in [-0.4, -0.2) is 19.6 Å². The molecule has 0 saturated heterocycles. The Morgan fingerprint density at radius 3 is 2.67 bits per heavy atom. The molecule has 0 saturated carbocycles. The third-order valence-electron chi connectivity index (χ3n) is 2.95. The number of anilines is 2. The lowest BCUT2D eigenvalue weighted by Gasteiger charge is -2.13. The van der Waals surface area contributed by atoms with E-state index in [1.807, 2.05) is 19.1 Å². The first kappa shape index (κ1) is 14.8. The van der Waals surface area contributed by atoms with Gasteiger partial charge in [0.25, 0.3) is 5.91 Å². The van der Waals surface area contributed by atoms with Crippen LogP contribution in [0.5, 0.6) is 5.75 Å². The van der Waals surface area contributed by atoms with Gasteiger partial charge in [-0.3, -0.25) is 4.79 Å². The van der Waals surface area contributed by atoms with E-state index in [-0.39, 0.29) is 11.7 Å². The highest BCUT2D eigenvalue weighted by molar-refractivity contribution is 6.08. The smallest absolute Gasteiger partial charge is 0.257 e. The number of ether oxygens (including phenoxy) is 1. The number of carbonyl (C=O) groups is 1. The van der Waals surface area contributed by atoms with E-state index in [0.29, 0.717) is 17.8 Å². The summed E-state index contributed by atoms with van der Waals surface area (Å²) >= 11 is 0. The number of para-hydroxylation sites is 1. The van der Waals surface area contributed by atoms with Crippen molar-refractivity contribution in [3.63, 3.8) is 0 Å². The van der Waals surface area contributed by atoms with Gasteiger partial charge >= 0.3 is 0 Å². The lowest BCUT2D eigenvalue weighted by Crippen LogP contribution is -2.15. The summed E-state index contributed by atoms with van der Waals surface area (Å²) in [5.74, 6) is -0.418. The van der Waals surface area contributed by atoms with E-state index in [2.05, 4.69) is 10.6 Å². The molecule has 0 fully saturated rings. The number of rotatable bonds is 5. The van der Waals surface area contributed by atoms with Gasteiger partial charge in [-0.05, 0) is 31.2 Å². The van der Waals surface area contributed by atoms with Crippen LogP contribution < -0.4 is 15.4 Å². The van der Waals surface area contributed by atoms with Crippen LogP contribution in [0.25, 0.3) is 0 Å². The third-order valence-corrected chi connectivity index (χ3v) is 2.95. The molecule has 0 spiro atoms. The number of hydrogen-bond donors (Lipinski definition) is 2. The Morgan fingerprint density at radius 2 is 1.95 bits per heavy atom. The summed E-state index contributed by atoms with van der Waals surface area (Å²) in [5.41, 5.74) is 1.69. The monoisotopic (exact) mass is 288 g/mol. The molecule has 1 amide bonds. The van der Waals surface area contributed by atoms with Crippen LogP contribution in [0.15, 0.2) is 42.5 Å². The molecule has 4 nitrogen and oxygen atoms in total. The predicted octanol–water partition coefficient (Wildman–Crippen LogP) is 3.52. The molecule has 0 aliphatic carbocycles. The number of carbonyl (C=O) groups excluding carboxylic acids is 1. The summed E-state index contributed by atoms with van der Waals surface area (Å²) in [5, 5.41) is 5.86. The number of hydrogen-bond acceptors (Lipinski definition) is 3. The van der Waals surface area contributed by atoms with Crippen LogP contribution in [0.4, 0.5) is 15.8 Å². The maximum atomic E-state index is 13.2. The van der Waals surface area contributed by atoms with Gasteiger partial charge in [-0.25, -0.2) is 4.39 Å². The van der Waals surface area contributed by atoms with Crippen molar-refractivity contribution in [1.29, 1.82) is 0 Å². The summed E-state index contributed by atoms with van der Waals surface area (Å²) < 4.78 is 18.2. The quantitative estimate of drug-likeness (QED) is 0.885. The molecule has 0 aromatic heterocycles. The van der Waals surface area contributed by atoms with Gasteiger partial charge in [0.1, 0.15) is 11.6 Å². The molecule has 0 heterocycles. The maximum Gasteiger partial charge on any atom is 0.257 e. The van der Waals surface area contributed by atoms with Crippen LogP contribution >= 0.6 is 0 Å². The lowest BCUT2D eigenvalue weighted by atomic mass is 10.1. The largest absolute Gasteiger partial charge is 0.494 e. The fraction of sp³-hybridized carbons (Fsp3) is 0.188. The minimum Gasteiger partial charge on any atom is -0.494 e. The second-order valence-electron chi connectivity index (χ2n) is 4.37. The molecule has 0 aliphatic rings. The molecule has 2 aromatic carbocycles. The standard InChI is InChI=1S/C16H17FN2O2/c1-3-18-13-7-5-4-6-12(13)16(20)19-14-9-8-11(17)10-15(14)21-2/h4-10,18H,3H2,1-2H3,(H,19,20). The summed E-state index contributed by atoms with van der Waals surface area (Å²) in [6, 6.07) is 11.2. The zero-order chi connectivity index (χ0) is 15.2. The number of amides is 1. The van der Waals surface area contributed by atoms with Crippen molar-refractivity contribution in [3.8, 4) is 5.75 Å². The Labute approximate surface area is 122 Å².